The average molecular weight is 478 g/mol. The molecule has 0 saturated heterocycles. The lowest BCUT2D eigenvalue weighted by Gasteiger charge is -2.14. The highest BCUT2D eigenvalue weighted by Gasteiger charge is 2.14. The molecule has 0 spiro atoms. The van der Waals surface area contributed by atoms with Crippen molar-refractivity contribution in [1.29, 1.82) is 0 Å². The Morgan fingerprint density at radius 1 is 1.03 bits per heavy atom. The highest BCUT2D eigenvalue weighted by atomic mass is 19.1. The van der Waals surface area contributed by atoms with Crippen molar-refractivity contribution < 1.29 is 4.39 Å². The Hall–Kier alpha value is -5.17. The van der Waals surface area contributed by atoms with Crippen LogP contribution in [0.1, 0.15) is 17.1 Å². The van der Waals surface area contributed by atoms with E-state index in [-0.39, 0.29) is 16.8 Å². The lowest BCUT2D eigenvalue weighted by molar-refractivity contribution is 0.629. The molecule has 0 amide bonds. The van der Waals surface area contributed by atoms with Crippen LogP contribution in [-0.4, -0.2) is 36.0 Å². The monoisotopic (exact) mass is 478 g/mol. The molecule has 9 nitrogen and oxygen atoms in total. The molecule has 3 aromatic heterocycles. The second kappa shape index (κ2) is 9.99. The number of para-hydroxylation sites is 1. The Morgan fingerprint density at radius 3 is 2.69 bits per heavy atom. The van der Waals surface area contributed by atoms with E-state index in [1.165, 1.54) is 29.1 Å². The van der Waals surface area contributed by atoms with E-state index in [9.17, 15) is 9.18 Å². The van der Waals surface area contributed by atoms with Gasteiger partial charge in [-0.15, -0.1) is 0 Å². The molecule has 0 aliphatic heterocycles. The van der Waals surface area contributed by atoms with Gasteiger partial charge < -0.3 is 11.1 Å². The third-order valence-electron chi connectivity index (χ3n) is 5.31. The van der Waals surface area contributed by atoms with Gasteiger partial charge in [0.1, 0.15) is 40.9 Å². The van der Waals surface area contributed by atoms with E-state index in [1.54, 1.807) is 30.7 Å². The molecular formula is C26H19FN8O. The molecule has 0 aliphatic rings. The number of benzene rings is 2. The second-order valence-electron chi connectivity index (χ2n) is 7.67. The van der Waals surface area contributed by atoms with E-state index in [4.69, 9.17) is 5.73 Å². The van der Waals surface area contributed by atoms with Crippen LogP contribution in [0.3, 0.4) is 0 Å². The number of anilines is 2. The summed E-state index contributed by atoms with van der Waals surface area (Å²) in [6.07, 6.45) is 6.35. The van der Waals surface area contributed by atoms with Gasteiger partial charge >= 0.3 is 0 Å². The maximum atomic E-state index is 13.9. The van der Waals surface area contributed by atoms with Crippen LogP contribution in [0.2, 0.25) is 0 Å². The average Bonchev–Trinajstić information content (AvgIpc) is 2.90. The molecule has 3 heterocycles. The van der Waals surface area contributed by atoms with E-state index in [1.807, 2.05) is 18.2 Å². The number of fused-ring (bicyclic) bond motifs is 1. The van der Waals surface area contributed by atoms with E-state index in [0.717, 1.165) is 0 Å². The number of hydrogen-bond donors (Lipinski definition) is 2. The van der Waals surface area contributed by atoms with E-state index >= 15 is 0 Å². The third kappa shape index (κ3) is 4.71. The maximum Gasteiger partial charge on any atom is 0.266 e. The molecule has 0 aliphatic carbocycles. The Bertz CT molecular complexity index is 1660. The van der Waals surface area contributed by atoms with Gasteiger partial charge in [0.15, 0.2) is 0 Å². The van der Waals surface area contributed by atoms with Crippen molar-refractivity contribution in [3.8, 4) is 17.5 Å². The highest BCUT2D eigenvalue weighted by molar-refractivity contribution is 5.78. The molecule has 3 N–H and O–H groups in total. The van der Waals surface area contributed by atoms with Gasteiger partial charge in [-0.05, 0) is 36.3 Å². The lowest BCUT2D eigenvalue weighted by Crippen LogP contribution is -2.25. The number of halogens is 1. The van der Waals surface area contributed by atoms with Crippen LogP contribution in [0.4, 0.5) is 16.0 Å². The van der Waals surface area contributed by atoms with Crippen molar-refractivity contribution in [3.63, 3.8) is 0 Å². The van der Waals surface area contributed by atoms with Crippen LogP contribution in [0.15, 0.2) is 78.2 Å². The number of nitrogens with zero attached hydrogens (tertiary/aromatic N) is 6. The maximum absolute atomic E-state index is 13.9. The van der Waals surface area contributed by atoms with Gasteiger partial charge in [0, 0.05) is 25.4 Å². The first-order valence-electron chi connectivity index (χ1n) is 11.0. The lowest BCUT2D eigenvalue weighted by atomic mass is 10.2. The highest BCUT2D eigenvalue weighted by Crippen LogP contribution is 2.17. The van der Waals surface area contributed by atoms with Crippen LogP contribution in [0.25, 0.3) is 16.6 Å². The number of nitrogen functional groups attached to an aromatic ring is 1. The van der Waals surface area contributed by atoms with Crippen molar-refractivity contribution in [2.24, 2.45) is 0 Å². The van der Waals surface area contributed by atoms with Gasteiger partial charge in [0.05, 0.1) is 22.8 Å². The first-order valence-corrected chi connectivity index (χ1v) is 11.0. The van der Waals surface area contributed by atoms with E-state index < -0.39 is 5.82 Å². The van der Waals surface area contributed by atoms with Gasteiger partial charge in [-0.1, -0.05) is 24.1 Å². The molecule has 176 valence electrons. The zero-order chi connectivity index (χ0) is 24.9. The first kappa shape index (κ1) is 22.6. The SMILES string of the molecule is Nc1ncnc(NCCc2nc3ccc(F)cc3c(=O)n2-c2ccccc2)c1C#Cc1cnccn1. The number of hydrogen-bond acceptors (Lipinski definition) is 8. The zero-order valence-corrected chi connectivity index (χ0v) is 18.9. The Balaban J connectivity index is 1.46. The molecule has 0 saturated carbocycles. The number of nitrogens with two attached hydrogens (primary N) is 1. The normalized spacial score (nSPS) is 10.6. The van der Waals surface area contributed by atoms with Crippen molar-refractivity contribution in [2.45, 2.75) is 6.42 Å². The third-order valence-corrected chi connectivity index (χ3v) is 5.31. The fourth-order valence-corrected chi connectivity index (χ4v) is 3.65. The minimum Gasteiger partial charge on any atom is -0.382 e. The molecule has 5 aromatic rings. The predicted octanol–water partition coefficient (Wildman–Crippen LogP) is 2.74. The standard InChI is InChI=1S/C26H19FN8O/c27-17-6-9-22-21(14-17)26(36)35(19-4-2-1-3-5-19)23(34-22)10-11-31-25-20(24(28)32-16-33-25)8-7-18-15-29-12-13-30-18/h1-6,9,12-16H,10-11H2,(H3,28,31,32,33). The van der Waals surface area contributed by atoms with E-state index in [0.29, 0.717) is 47.1 Å². The molecule has 2 aromatic carbocycles. The summed E-state index contributed by atoms with van der Waals surface area (Å²) in [6, 6.07) is 13.1. The van der Waals surface area contributed by atoms with Crippen LogP contribution in [0, 0.1) is 17.7 Å². The first-order chi connectivity index (χ1) is 17.6. The summed E-state index contributed by atoms with van der Waals surface area (Å²) in [4.78, 5) is 34.4. The van der Waals surface area contributed by atoms with Gasteiger partial charge in [-0.25, -0.2) is 24.3 Å². The van der Waals surface area contributed by atoms with Crippen LogP contribution >= 0.6 is 0 Å². The summed E-state index contributed by atoms with van der Waals surface area (Å²) in [5.41, 5.74) is 7.66. The number of rotatable bonds is 5. The summed E-state index contributed by atoms with van der Waals surface area (Å²) in [6.45, 7) is 0.363. The molecule has 5 rings (SSSR count). The van der Waals surface area contributed by atoms with Gasteiger partial charge in [-0.3, -0.25) is 14.3 Å². The summed E-state index contributed by atoms with van der Waals surface area (Å²) in [5.74, 6) is 6.52. The van der Waals surface area contributed by atoms with Crippen molar-refractivity contribution in [3.05, 3.63) is 107 Å². The minimum atomic E-state index is -0.494. The van der Waals surface area contributed by atoms with Crippen molar-refractivity contribution in [1.82, 2.24) is 29.5 Å². The summed E-state index contributed by atoms with van der Waals surface area (Å²) < 4.78 is 15.3. The number of nitrogens with one attached hydrogen (secondary N) is 1. The van der Waals surface area contributed by atoms with Crippen molar-refractivity contribution in [2.75, 3.05) is 17.6 Å². The molecule has 10 heteroatoms. The summed E-state index contributed by atoms with van der Waals surface area (Å²) in [5, 5.41) is 3.42. The van der Waals surface area contributed by atoms with Gasteiger partial charge in [0.2, 0.25) is 0 Å². The Kier molecular flexibility index (Phi) is 6.27. The fraction of sp³-hybridized carbons (Fsp3) is 0.0769. The van der Waals surface area contributed by atoms with Crippen LogP contribution < -0.4 is 16.6 Å². The van der Waals surface area contributed by atoms with Crippen LogP contribution in [0.5, 0.6) is 0 Å². The smallest absolute Gasteiger partial charge is 0.266 e. The minimum absolute atomic E-state index is 0.209. The largest absolute Gasteiger partial charge is 0.382 e. The fourth-order valence-electron chi connectivity index (χ4n) is 3.65. The Morgan fingerprint density at radius 2 is 1.89 bits per heavy atom. The summed E-state index contributed by atoms with van der Waals surface area (Å²) in [7, 11) is 0. The van der Waals surface area contributed by atoms with Gasteiger partial charge in [-0.2, -0.15) is 0 Å². The second-order valence-corrected chi connectivity index (χ2v) is 7.67. The molecular weight excluding hydrogens is 459 g/mol. The zero-order valence-electron chi connectivity index (χ0n) is 18.9. The predicted molar refractivity (Wildman–Crippen MR) is 134 cm³/mol. The molecule has 0 atom stereocenters. The number of aromatic nitrogens is 6. The Labute approximate surface area is 204 Å². The molecule has 36 heavy (non-hydrogen) atoms. The van der Waals surface area contributed by atoms with Crippen molar-refractivity contribution >= 4 is 22.5 Å². The summed E-state index contributed by atoms with van der Waals surface area (Å²) >= 11 is 0. The molecule has 0 bridgehead atoms. The van der Waals surface area contributed by atoms with Crippen LogP contribution in [-0.2, 0) is 6.42 Å². The quantitative estimate of drug-likeness (QED) is 0.370. The molecule has 0 radical (unpaired) electrons. The topological polar surface area (TPSA) is 124 Å². The van der Waals surface area contributed by atoms with E-state index in [2.05, 4.69) is 42.1 Å². The van der Waals surface area contributed by atoms with Gasteiger partial charge in [0.25, 0.3) is 5.56 Å². The molecule has 0 unspecified atom stereocenters. The molecule has 0 fully saturated rings.